The lowest BCUT2D eigenvalue weighted by atomic mass is 9.77. The van der Waals surface area contributed by atoms with E-state index in [1.165, 1.54) is 31.4 Å². The summed E-state index contributed by atoms with van der Waals surface area (Å²) >= 11 is 0. The Hall–Kier alpha value is 0.354. The van der Waals surface area contributed by atoms with Crippen LogP contribution < -0.4 is 0 Å². The first-order chi connectivity index (χ1) is 11.6. The first-order valence-electron chi connectivity index (χ1n) is 10.9. The van der Waals surface area contributed by atoms with Crippen molar-refractivity contribution < 1.29 is 8.85 Å². The molecule has 0 amide bonds. The zero-order valence-electron chi connectivity index (χ0n) is 19.1. The third kappa shape index (κ3) is 6.78. The van der Waals surface area contributed by atoms with E-state index in [1.54, 1.807) is 0 Å². The standard InChI is InChI=1S/C21H48O2Si2/c1-11-13-20(16(3)4,17(5)6)22-24-15-25-23-21(14-12-2,18(7)8)19(9)10/h16-19H,11-15,24-25H2,1-10H3. The summed E-state index contributed by atoms with van der Waals surface area (Å²) in [7, 11) is -0.988. The minimum atomic E-state index is -0.494. The summed E-state index contributed by atoms with van der Waals surface area (Å²) in [5.41, 5.74) is 1.44. The van der Waals surface area contributed by atoms with E-state index in [0.717, 1.165) is 0 Å². The van der Waals surface area contributed by atoms with E-state index < -0.39 is 19.5 Å². The van der Waals surface area contributed by atoms with Gasteiger partial charge in [-0.25, -0.2) is 0 Å². The van der Waals surface area contributed by atoms with Crippen LogP contribution in [0.25, 0.3) is 0 Å². The fourth-order valence-electron chi connectivity index (χ4n) is 4.66. The van der Waals surface area contributed by atoms with Gasteiger partial charge in [-0.3, -0.25) is 0 Å². The molecule has 0 saturated carbocycles. The molecule has 0 aliphatic carbocycles. The van der Waals surface area contributed by atoms with Crippen LogP contribution in [0.1, 0.15) is 94.9 Å². The fourth-order valence-corrected chi connectivity index (χ4v) is 8.67. The molecule has 2 nitrogen and oxygen atoms in total. The van der Waals surface area contributed by atoms with Crippen molar-refractivity contribution in [2.75, 3.05) is 0 Å². The minimum Gasteiger partial charge on any atom is -0.418 e. The maximum absolute atomic E-state index is 6.68. The van der Waals surface area contributed by atoms with Crippen LogP contribution in [0.4, 0.5) is 0 Å². The van der Waals surface area contributed by atoms with Crippen molar-refractivity contribution in [3.63, 3.8) is 0 Å². The van der Waals surface area contributed by atoms with Crippen LogP contribution in [0.2, 0.25) is 5.67 Å². The second kappa shape index (κ2) is 11.9. The maximum Gasteiger partial charge on any atom is 0.161 e. The molecule has 0 heterocycles. The quantitative estimate of drug-likeness (QED) is 0.298. The average Bonchev–Trinajstić information content (AvgIpc) is 2.51. The summed E-state index contributed by atoms with van der Waals surface area (Å²) in [5.74, 6) is 2.36. The van der Waals surface area contributed by atoms with Gasteiger partial charge in [0.25, 0.3) is 0 Å². The Kier molecular flexibility index (Phi) is 12.1. The highest BCUT2D eigenvalue weighted by Crippen LogP contribution is 2.36. The molecule has 0 spiro atoms. The number of hydrogen-bond donors (Lipinski definition) is 0. The van der Waals surface area contributed by atoms with Gasteiger partial charge in [0.2, 0.25) is 0 Å². The molecular formula is C21H48O2Si2. The van der Waals surface area contributed by atoms with Gasteiger partial charge in [0, 0.05) is 0 Å². The molecule has 0 rings (SSSR count). The fraction of sp³-hybridized carbons (Fsp3) is 1.00. The van der Waals surface area contributed by atoms with Gasteiger partial charge < -0.3 is 8.85 Å². The Morgan fingerprint density at radius 1 is 0.600 bits per heavy atom. The Morgan fingerprint density at radius 3 is 1.08 bits per heavy atom. The van der Waals surface area contributed by atoms with Gasteiger partial charge in [-0.15, -0.1) is 0 Å². The summed E-state index contributed by atoms with van der Waals surface area (Å²) in [4.78, 5) is 0. The van der Waals surface area contributed by atoms with Crippen molar-refractivity contribution in [2.24, 2.45) is 23.7 Å². The minimum absolute atomic E-state index is 0.0893. The summed E-state index contributed by atoms with van der Waals surface area (Å²) in [6.45, 7) is 23.2. The van der Waals surface area contributed by atoms with E-state index in [1.807, 2.05) is 0 Å². The van der Waals surface area contributed by atoms with Gasteiger partial charge >= 0.3 is 0 Å². The second-order valence-corrected chi connectivity index (χ2v) is 13.3. The molecule has 0 aromatic rings. The van der Waals surface area contributed by atoms with Crippen LogP contribution in [0.5, 0.6) is 0 Å². The normalized spacial score (nSPS) is 14.6. The Morgan fingerprint density at radius 2 is 0.880 bits per heavy atom. The van der Waals surface area contributed by atoms with Crippen LogP contribution in [0.15, 0.2) is 0 Å². The van der Waals surface area contributed by atoms with Crippen LogP contribution in [0.3, 0.4) is 0 Å². The molecule has 0 radical (unpaired) electrons. The third-order valence-electron chi connectivity index (χ3n) is 6.22. The molecule has 0 aromatic carbocycles. The van der Waals surface area contributed by atoms with Gasteiger partial charge in [-0.05, 0) is 42.2 Å². The smallest absolute Gasteiger partial charge is 0.161 e. The zero-order valence-corrected chi connectivity index (χ0v) is 21.9. The van der Waals surface area contributed by atoms with E-state index in [4.69, 9.17) is 8.85 Å². The van der Waals surface area contributed by atoms with Crippen molar-refractivity contribution in [3.8, 4) is 0 Å². The van der Waals surface area contributed by atoms with Crippen LogP contribution in [0, 0.1) is 23.7 Å². The topological polar surface area (TPSA) is 18.5 Å². The lowest BCUT2D eigenvalue weighted by Gasteiger charge is -2.43. The van der Waals surface area contributed by atoms with E-state index in [2.05, 4.69) is 69.2 Å². The second-order valence-electron chi connectivity index (χ2n) is 9.08. The first kappa shape index (κ1) is 25.4. The zero-order chi connectivity index (χ0) is 19.7. The molecule has 0 aliphatic rings. The first-order valence-corrected chi connectivity index (χ1v) is 14.0. The molecule has 25 heavy (non-hydrogen) atoms. The molecule has 0 aliphatic heterocycles. The number of rotatable bonds is 14. The van der Waals surface area contributed by atoms with Gasteiger partial charge in [0.05, 0.1) is 11.2 Å². The molecule has 0 fully saturated rings. The Balaban J connectivity index is 4.72. The van der Waals surface area contributed by atoms with Crippen molar-refractivity contribution in [2.45, 2.75) is 112 Å². The Bertz CT molecular complexity index is 293. The summed E-state index contributed by atoms with van der Waals surface area (Å²) < 4.78 is 13.4. The van der Waals surface area contributed by atoms with E-state index in [-0.39, 0.29) is 11.2 Å². The molecule has 4 heteroatoms. The van der Waals surface area contributed by atoms with E-state index in [0.29, 0.717) is 23.7 Å². The largest absolute Gasteiger partial charge is 0.418 e. The third-order valence-corrected chi connectivity index (χ3v) is 10.0. The lowest BCUT2D eigenvalue weighted by Crippen LogP contribution is -2.46. The molecule has 0 N–H and O–H groups in total. The average molecular weight is 389 g/mol. The Labute approximate surface area is 164 Å². The van der Waals surface area contributed by atoms with Gasteiger partial charge in [-0.2, -0.15) is 0 Å². The van der Waals surface area contributed by atoms with Crippen molar-refractivity contribution in [1.29, 1.82) is 0 Å². The molecular weight excluding hydrogens is 340 g/mol. The predicted octanol–water partition coefficient (Wildman–Crippen LogP) is 5.26. The van der Waals surface area contributed by atoms with Gasteiger partial charge in [0.15, 0.2) is 19.5 Å². The van der Waals surface area contributed by atoms with E-state index in [9.17, 15) is 0 Å². The van der Waals surface area contributed by atoms with Crippen molar-refractivity contribution in [1.82, 2.24) is 0 Å². The SMILES string of the molecule is CCCC(O[SiH2]C[SiH2]OC(CCC)(C(C)C)C(C)C)(C(C)C)C(C)C. The predicted molar refractivity (Wildman–Crippen MR) is 119 cm³/mol. The molecule has 0 atom stereocenters. The summed E-state index contributed by atoms with van der Waals surface area (Å²) in [6.07, 6.45) is 4.79. The van der Waals surface area contributed by atoms with Crippen molar-refractivity contribution in [3.05, 3.63) is 0 Å². The summed E-state index contributed by atoms with van der Waals surface area (Å²) in [5, 5.41) is 0. The highest BCUT2D eigenvalue weighted by molar-refractivity contribution is 6.48. The molecule has 0 bridgehead atoms. The van der Waals surface area contributed by atoms with Crippen molar-refractivity contribution >= 4 is 19.5 Å². The molecule has 0 unspecified atom stereocenters. The monoisotopic (exact) mass is 388 g/mol. The van der Waals surface area contributed by atoms with Gasteiger partial charge in [0.1, 0.15) is 0 Å². The lowest BCUT2D eigenvalue weighted by molar-refractivity contribution is -0.0312. The van der Waals surface area contributed by atoms with Crippen LogP contribution in [-0.4, -0.2) is 30.7 Å². The molecule has 152 valence electrons. The highest BCUT2D eigenvalue weighted by atomic mass is 28.3. The van der Waals surface area contributed by atoms with Crippen LogP contribution >= 0.6 is 0 Å². The summed E-state index contributed by atoms with van der Waals surface area (Å²) in [6, 6.07) is 0. The van der Waals surface area contributed by atoms with Crippen LogP contribution in [-0.2, 0) is 8.85 Å². The van der Waals surface area contributed by atoms with E-state index >= 15 is 0 Å². The number of hydrogen-bond acceptors (Lipinski definition) is 2. The maximum atomic E-state index is 6.68. The molecule has 0 saturated heterocycles. The molecule has 0 aromatic heterocycles. The highest BCUT2D eigenvalue weighted by Gasteiger charge is 2.38. The van der Waals surface area contributed by atoms with Gasteiger partial charge in [-0.1, -0.05) is 82.1 Å².